The average Bonchev–Trinajstić information content (AvgIpc) is 2.65. The van der Waals surface area contributed by atoms with Crippen LogP contribution in [0.4, 0.5) is 0 Å². The molecular formula is C10H19N3S3. The second-order valence-electron chi connectivity index (χ2n) is 3.59. The first kappa shape index (κ1) is 14.1. The van der Waals surface area contributed by atoms with Crippen molar-refractivity contribution in [2.24, 2.45) is 4.99 Å². The number of aliphatic imine (C=N–C) groups is 1. The van der Waals surface area contributed by atoms with Gasteiger partial charge in [0.15, 0.2) is 0 Å². The van der Waals surface area contributed by atoms with E-state index in [0.29, 0.717) is 5.37 Å². The first-order chi connectivity index (χ1) is 7.60. The number of nitrogens with zero attached hydrogens (tertiary/aromatic N) is 2. The van der Waals surface area contributed by atoms with Crippen LogP contribution >= 0.6 is 36.2 Å². The Morgan fingerprint density at radius 3 is 3.00 bits per heavy atom. The summed E-state index contributed by atoms with van der Waals surface area (Å²) in [6.45, 7) is 6.43. The van der Waals surface area contributed by atoms with Crippen LogP contribution < -0.4 is 5.32 Å². The highest BCUT2D eigenvalue weighted by atomic mass is 32.2. The number of rotatable bonds is 6. The Morgan fingerprint density at radius 2 is 2.44 bits per heavy atom. The molecule has 3 nitrogen and oxygen atoms in total. The van der Waals surface area contributed by atoms with Crippen molar-refractivity contribution in [2.45, 2.75) is 23.4 Å². The summed E-state index contributed by atoms with van der Waals surface area (Å²) >= 11 is 8.11. The largest absolute Gasteiger partial charge is 0.374 e. The second-order valence-corrected chi connectivity index (χ2v) is 6.54. The molecule has 0 aliphatic carbocycles. The topological polar surface area (TPSA) is 27.6 Å². The third-order valence-electron chi connectivity index (χ3n) is 2.36. The number of allylic oxidation sites excluding steroid dienone is 1. The summed E-state index contributed by atoms with van der Waals surface area (Å²) < 4.78 is 0.204. The van der Waals surface area contributed by atoms with E-state index in [9.17, 15) is 0 Å². The Bertz CT molecular complexity index is 280. The molecule has 0 saturated heterocycles. The maximum Gasteiger partial charge on any atom is 0.119 e. The molecule has 0 radical (unpaired) electrons. The number of hydrogen-bond donors (Lipinski definition) is 2. The smallest absolute Gasteiger partial charge is 0.119 e. The summed E-state index contributed by atoms with van der Waals surface area (Å²) in [4.78, 5) is 6.09. The van der Waals surface area contributed by atoms with Crippen molar-refractivity contribution in [2.75, 3.05) is 19.8 Å². The summed E-state index contributed by atoms with van der Waals surface area (Å²) in [6.07, 6.45) is 3.08. The number of thioether (sulfide) groups is 2. The quantitative estimate of drug-likeness (QED) is 0.443. The van der Waals surface area contributed by atoms with Gasteiger partial charge in [-0.05, 0) is 26.3 Å². The van der Waals surface area contributed by atoms with Crippen molar-refractivity contribution in [1.82, 2.24) is 10.2 Å². The molecule has 0 fully saturated rings. The molecule has 2 atom stereocenters. The van der Waals surface area contributed by atoms with Gasteiger partial charge < -0.3 is 15.2 Å². The van der Waals surface area contributed by atoms with Crippen LogP contribution in [-0.4, -0.2) is 41.5 Å². The van der Waals surface area contributed by atoms with Gasteiger partial charge in [-0.2, -0.15) is 0 Å². The molecule has 0 aromatic rings. The third kappa shape index (κ3) is 3.53. The Hall–Kier alpha value is 0.0600. The van der Waals surface area contributed by atoms with Crippen molar-refractivity contribution in [3.05, 3.63) is 10.7 Å². The summed E-state index contributed by atoms with van der Waals surface area (Å²) in [5.74, 6) is 0. The number of hydrogen-bond acceptors (Lipinski definition) is 6. The van der Waals surface area contributed by atoms with E-state index in [1.165, 1.54) is 10.7 Å². The second kappa shape index (κ2) is 6.71. The molecule has 2 unspecified atom stereocenters. The maximum atomic E-state index is 4.53. The van der Waals surface area contributed by atoms with Crippen molar-refractivity contribution >= 4 is 42.9 Å². The fourth-order valence-corrected chi connectivity index (χ4v) is 3.42. The van der Waals surface area contributed by atoms with Crippen LogP contribution in [0.15, 0.2) is 15.7 Å². The van der Waals surface area contributed by atoms with Gasteiger partial charge in [0.1, 0.15) is 4.71 Å². The minimum atomic E-state index is 0.204. The predicted octanol–water partition coefficient (Wildman–Crippen LogP) is 2.44. The van der Waals surface area contributed by atoms with Gasteiger partial charge in [0.25, 0.3) is 0 Å². The van der Waals surface area contributed by atoms with E-state index in [1.54, 1.807) is 11.8 Å². The van der Waals surface area contributed by atoms with Gasteiger partial charge in [-0.15, -0.1) is 24.4 Å². The monoisotopic (exact) mass is 277 g/mol. The van der Waals surface area contributed by atoms with Gasteiger partial charge in [0.05, 0.1) is 10.4 Å². The van der Waals surface area contributed by atoms with E-state index in [4.69, 9.17) is 0 Å². The minimum Gasteiger partial charge on any atom is -0.374 e. The molecule has 0 aromatic carbocycles. The molecule has 16 heavy (non-hydrogen) atoms. The Labute approximate surface area is 112 Å². The highest BCUT2D eigenvalue weighted by Gasteiger charge is 2.25. The molecule has 92 valence electrons. The molecule has 1 heterocycles. The van der Waals surface area contributed by atoms with Crippen molar-refractivity contribution in [3.8, 4) is 0 Å². The Morgan fingerprint density at radius 1 is 1.75 bits per heavy atom. The van der Waals surface area contributed by atoms with Crippen LogP contribution in [-0.2, 0) is 0 Å². The fourth-order valence-electron chi connectivity index (χ4n) is 1.50. The standard InChI is InChI=1S/C10H19N3S3/c1-7-9(13(3)10(14)15-4)16-8(12-7)5-6-11-2/h8,10,12,14H,2,5-6H2,1,3-4H3. The summed E-state index contributed by atoms with van der Waals surface area (Å²) in [5.41, 5.74) is 1.23. The first-order valence-electron chi connectivity index (χ1n) is 5.10. The molecule has 1 aliphatic rings. The van der Waals surface area contributed by atoms with Gasteiger partial charge >= 0.3 is 0 Å². The van der Waals surface area contributed by atoms with Crippen molar-refractivity contribution in [3.63, 3.8) is 0 Å². The van der Waals surface area contributed by atoms with Crippen LogP contribution in [0.25, 0.3) is 0 Å². The van der Waals surface area contributed by atoms with E-state index < -0.39 is 0 Å². The van der Waals surface area contributed by atoms with E-state index in [-0.39, 0.29) is 4.71 Å². The van der Waals surface area contributed by atoms with Crippen LogP contribution in [0.2, 0.25) is 0 Å². The zero-order chi connectivity index (χ0) is 12.1. The zero-order valence-electron chi connectivity index (χ0n) is 9.93. The normalized spacial score (nSPS) is 21.9. The van der Waals surface area contributed by atoms with Gasteiger partial charge in [-0.3, -0.25) is 0 Å². The minimum absolute atomic E-state index is 0.204. The summed E-state index contributed by atoms with van der Waals surface area (Å²) in [7, 11) is 2.08. The summed E-state index contributed by atoms with van der Waals surface area (Å²) in [5, 5.41) is 5.17. The lowest BCUT2D eigenvalue weighted by molar-refractivity contribution is 0.498. The lowest BCUT2D eigenvalue weighted by Crippen LogP contribution is -2.22. The number of nitrogens with one attached hydrogen (secondary N) is 1. The van der Waals surface area contributed by atoms with E-state index >= 15 is 0 Å². The molecule has 1 N–H and O–H groups in total. The van der Waals surface area contributed by atoms with Crippen LogP contribution in [0.3, 0.4) is 0 Å². The lowest BCUT2D eigenvalue weighted by Gasteiger charge is -2.25. The lowest BCUT2D eigenvalue weighted by atomic mass is 10.4. The number of thiol groups is 1. The van der Waals surface area contributed by atoms with Gasteiger partial charge in [0.2, 0.25) is 0 Å². The van der Waals surface area contributed by atoms with E-state index in [2.05, 4.69) is 54.8 Å². The molecule has 0 spiro atoms. The van der Waals surface area contributed by atoms with Gasteiger partial charge in [0, 0.05) is 19.3 Å². The highest BCUT2D eigenvalue weighted by molar-refractivity contribution is 8.10. The zero-order valence-corrected chi connectivity index (χ0v) is 12.5. The molecule has 6 heteroatoms. The van der Waals surface area contributed by atoms with Crippen LogP contribution in [0.1, 0.15) is 13.3 Å². The molecule has 1 aliphatic heterocycles. The molecule has 0 aromatic heterocycles. The Kier molecular flexibility index (Phi) is 5.92. The van der Waals surface area contributed by atoms with Crippen LogP contribution in [0.5, 0.6) is 0 Å². The van der Waals surface area contributed by atoms with Crippen molar-refractivity contribution in [1.29, 1.82) is 0 Å². The average molecular weight is 277 g/mol. The molecule has 1 rings (SSSR count). The Balaban J connectivity index is 2.54. The van der Waals surface area contributed by atoms with Gasteiger partial charge in [-0.1, -0.05) is 11.8 Å². The fraction of sp³-hybridized carbons (Fsp3) is 0.700. The predicted molar refractivity (Wildman–Crippen MR) is 80.3 cm³/mol. The molecule has 0 saturated carbocycles. The maximum absolute atomic E-state index is 4.53. The first-order valence-corrected chi connectivity index (χ1v) is 7.78. The summed E-state index contributed by atoms with van der Waals surface area (Å²) in [6, 6.07) is 0. The van der Waals surface area contributed by atoms with E-state index in [1.807, 2.05) is 11.8 Å². The van der Waals surface area contributed by atoms with Gasteiger partial charge in [-0.25, -0.2) is 0 Å². The van der Waals surface area contributed by atoms with E-state index in [0.717, 1.165) is 13.0 Å². The van der Waals surface area contributed by atoms with Crippen LogP contribution in [0, 0.1) is 0 Å². The molecule has 0 bridgehead atoms. The van der Waals surface area contributed by atoms with Crippen molar-refractivity contribution < 1.29 is 0 Å². The molecule has 0 amide bonds. The SMILES string of the molecule is C=NCCC1NC(C)=C(N(C)C(S)SC)S1. The molecular weight excluding hydrogens is 258 g/mol. The third-order valence-corrected chi connectivity index (χ3v) is 5.54. The highest BCUT2D eigenvalue weighted by Crippen LogP contribution is 2.36.